The second kappa shape index (κ2) is 3.26. The van der Waals surface area contributed by atoms with Crippen LogP contribution < -0.4 is 0 Å². The highest BCUT2D eigenvalue weighted by atomic mass is 79.9. The summed E-state index contributed by atoms with van der Waals surface area (Å²) in [6.07, 6.45) is -4.66. The second-order valence-corrected chi connectivity index (χ2v) is 3.19. The fourth-order valence-electron chi connectivity index (χ4n) is 0.850. The maximum Gasteiger partial charge on any atom is 0.436 e. The van der Waals surface area contributed by atoms with Crippen molar-refractivity contribution in [2.24, 2.45) is 7.05 Å². The first-order chi connectivity index (χ1) is 6.25. The van der Waals surface area contributed by atoms with Crippen LogP contribution >= 0.6 is 15.9 Å². The molecule has 0 radical (unpaired) electrons. The lowest BCUT2D eigenvalue weighted by molar-refractivity contribution is -0.141. The van der Waals surface area contributed by atoms with E-state index in [4.69, 9.17) is 5.11 Å². The minimum atomic E-state index is -4.66. The molecular weight excluding hydrogens is 269 g/mol. The maximum absolute atomic E-state index is 12.2. The Labute approximate surface area is 84.5 Å². The van der Waals surface area contributed by atoms with Crippen molar-refractivity contribution >= 4 is 21.9 Å². The van der Waals surface area contributed by atoms with E-state index in [0.29, 0.717) is 0 Å². The standard InChI is InChI=1S/C6H4BrF3N2O2/c1-12-3(7)2(6(8,9)10)11-4(12)5(13)14/h1H3,(H,13,14). The number of imidazole rings is 1. The largest absolute Gasteiger partial charge is 0.475 e. The van der Waals surface area contributed by atoms with Crippen LogP contribution in [0.3, 0.4) is 0 Å². The van der Waals surface area contributed by atoms with Crippen LogP contribution in [0.4, 0.5) is 13.2 Å². The molecule has 0 spiro atoms. The minimum absolute atomic E-state index is 0.401. The summed E-state index contributed by atoms with van der Waals surface area (Å²) in [5.74, 6) is -2.17. The third kappa shape index (κ3) is 1.74. The zero-order valence-electron chi connectivity index (χ0n) is 6.76. The number of hydrogen-bond acceptors (Lipinski definition) is 2. The molecule has 1 aromatic rings. The van der Waals surface area contributed by atoms with E-state index >= 15 is 0 Å². The molecule has 0 aliphatic heterocycles. The van der Waals surface area contributed by atoms with Crippen molar-refractivity contribution in [2.75, 3.05) is 0 Å². The molecule has 0 aromatic carbocycles. The third-order valence-corrected chi connectivity index (χ3v) is 2.39. The highest BCUT2D eigenvalue weighted by molar-refractivity contribution is 9.10. The molecule has 0 aliphatic carbocycles. The molecule has 1 aromatic heterocycles. The molecule has 78 valence electrons. The number of hydrogen-bond donors (Lipinski definition) is 1. The van der Waals surface area contributed by atoms with E-state index in [0.717, 1.165) is 4.57 Å². The average Bonchev–Trinajstić information content (AvgIpc) is 2.28. The molecular formula is C6H4BrF3N2O2. The van der Waals surface area contributed by atoms with Gasteiger partial charge in [-0.05, 0) is 15.9 Å². The highest BCUT2D eigenvalue weighted by Crippen LogP contribution is 2.34. The second-order valence-electron chi connectivity index (χ2n) is 2.44. The van der Waals surface area contributed by atoms with Crippen LogP contribution in [-0.4, -0.2) is 20.6 Å². The van der Waals surface area contributed by atoms with Gasteiger partial charge < -0.3 is 9.67 Å². The zero-order chi connectivity index (χ0) is 11.1. The Bertz CT molecular complexity index is 385. The Kier molecular flexibility index (Phi) is 2.57. The van der Waals surface area contributed by atoms with E-state index in [-0.39, 0.29) is 0 Å². The van der Waals surface area contributed by atoms with E-state index in [9.17, 15) is 18.0 Å². The fourth-order valence-corrected chi connectivity index (χ4v) is 1.33. The molecule has 1 heterocycles. The highest BCUT2D eigenvalue weighted by Gasteiger charge is 2.38. The normalized spacial score (nSPS) is 11.8. The van der Waals surface area contributed by atoms with Gasteiger partial charge in [0.1, 0.15) is 4.60 Å². The molecule has 0 bridgehead atoms. The van der Waals surface area contributed by atoms with Gasteiger partial charge >= 0.3 is 12.1 Å². The molecule has 0 saturated carbocycles. The van der Waals surface area contributed by atoms with Gasteiger partial charge in [-0.15, -0.1) is 0 Å². The van der Waals surface area contributed by atoms with Crippen LogP contribution in [0.5, 0.6) is 0 Å². The fraction of sp³-hybridized carbons (Fsp3) is 0.333. The SMILES string of the molecule is Cn1c(C(=O)O)nc(C(F)(F)F)c1Br. The quantitative estimate of drug-likeness (QED) is 0.850. The number of carbonyl (C=O) groups is 1. The van der Waals surface area contributed by atoms with Gasteiger partial charge in [0.05, 0.1) is 0 Å². The van der Waals surface area contributed by atoms with Crippen LogP contribution in [0.25, 0.3) is 0 Å². The Hall–Kier alpha value is -1.05. The lowest BCUT2D eigenvalue weighted by Gasteiger charge is -2.02. The third-order valence-electron chi connectivity index (χ3n) is 1.49. The maximum atomic E-state index is 12.2. The molecule has 0 atom stereocenters. The average molecular weight is 273 g/mol. The van der Waals surface area contributed by atoms with E-state index in [1.54, 1.807) is 0 Å². The lowest BCUT2D eigenvalue weighted by atomic mass is 10.5. The van der Waals surface area contributed by atoms with Crippen molar-refractivity contribution in [3.63, 3.8) is 0 Å². The van der Waals surface area contributed by atoms with E-state index < -0.39 is 28.3 Å². The number of nitrogens with zero attached hydrogens (tertiary/aromatic N) is 2. The summed E-state index contributed by atoms with van der Waals surface area (Å²) in [7, 11) is 1.18. The summed E-state index contributed by atoms with van der Waals surface area (Å²) in [4.78, 5) is 13.4. The first-order valence-electron chi connectivity index (χ1n) is 3.28. The van der Waals surface area contributed by atoms with Crippen molar-refractivity contribution in [2.45, 2.75) is 6.18 Å². The number of carboxylic acid groups (broad SMARTS) is 1. The van der Waals surface area contributed by atoms with E-state index in [1.807, 2.05) is 0 Å². The number of carboxylic acids is 1. The molecule has 4 nitrogen and oxygen atoms in total. The number of aromatic nitrogens is 2. The van der Waals surface area contributed by atoms with Gasteiger partial charge in [0.2, 0.25) is 5.82 Å². The van der Waals surface area contributed by atoms with Gasteiger partial charge in [0.15, 0.2) is 5.69 Å². The molecule has 0 fully saturated rings. The van der Waals surface area contributed by atoms with Gasteiger partial charge in [-0.25, -0.2) is 9.78 Å². The first-order valence-corrected chi connectivity index (χ1v) is 4.07. The predicted octanol–water partition coefficient (Wildman–Crippen LogP) is 1.90. The van der Waals surface area contributed by atoms with Crippen LogP contribution in [-0.2, 0) is 13.2 Å². The van der Waals surface area contributed by atoms with Crippen LogP contribution in [0.15, 0.2) is 4.60 Å². The van der Waals surface area contributed by atoms with Gasteiger partial charge in [-0.1, -0.05) is 0 Å². The van der Waals surface area contributed by atoms with Gasteiger partial charge in [0.25, 0.3) is 0 Å². The monoisotopic (exact) mass is 272 g/mol. The summed E-state index contributed by atoms with van der Waals surface area (Å²) < 4.78 is 37.0. The minimum Gasteiger partial charge on any atom is -0.475 e. The number of alkyl halides is 3. The van der Waals surface area contributed by atoms with Gasteiger partial charge in [0, 0.05) is 7.05 Å². The summed E-state index contributed by atoms with van der Waals surface area (Å²) in [6.45, 7) is 0. The van der Waals surface area contributed by atoms with E-state index in [2.05, 4.69) is 20.9 Å². The number of aromatic carboxylic acids is 1. The van der Waals surface area contributed by atoms with Crippen LogP contribution in [0, 0.1) is 0 Å². The number of halogens is 4. The Morgan fingerprint density at radius 2 is 2.07 bits per heavy atom. The molecule has 0 unspecified atom stereocenters. The molecule has 0 amide bonds. The van der Waals surface area contributed by atoms with Gasteiger partial charge in [-0.3, -0.25) is 0 Å². The number of rotatable bonds is 1. The summed E-state index contributed by atoms with van der Waals surface area (Å²) in [6, 6.07) is 0. The Balaban J connectivity index is 3.37. The Morgan fingerprint density at radius 3 is 2.29 bits per heavy atom. The van der Waals surface area contributed by atoms with Crippen molar-refractivity contribution in [1.29, 1.82) is 0 Å². The van der Waals surface area contributed by atoms with Crippen molar-refractivity contribution in [3.8, 4) is 0 Å². The Morgan fingerprint density at radius 1 is 1.57 bits per heavy atom. The van der Waals surface area contributed by atoms with Crippen LogP contribution in [0.1, 0.15) is 16.3 Å². The van der Waals surface area contributed by atoms with Crippen molar-refractivity contribution < 1.29 is 23.1 Å². The van der Waals surface area contributed by atoms with Gasteiger partial charge in [-0.2, -0.15) is 13.2 Å². The molecule has 1 N–H and O–H groups in total. The molecule has 0 saturated heterocycles. The van der Waals surface area contributed by atoms with Crippen molar-refractivity contribution in [1.82, 2.24) is 9.55 Å². The molecule has 0 aliphatic rings. The zero-order valence-corrected chi connectivity index (χ0v) is 8.35. The van der Waals surface area contributed by atoms with Crippen molar-refractivity contribution in [3.05, 3.63) is 16.1 Å². The summed E-state index contributed by atoms with van der Waals surface area (Å²) in [5.41, 5.74) is -1.24. The summed E-state index contributed by atoms with van der Waals surface area (Å²) >= 11 is 2.62. The topological polar surface area (TPSA) is 55.1 Å². The predicted molar refractivity (Wildman–Crippen MR) is 42.9 cm³/mol. The molecule has 14 heavy (non-hydrogen) atoms. The summed E-state index contributed by atoms with van der Waals surface area (Å²) in [5, 5.41) is 8.50. The smallest absolute Gasteiger partial charge is 0.436 e. The van der Waals surface area contributed by atoms with E-state index in [1.165, 1.54) is 7.05 Å². The lowest BCUT2D eigenvalue weighted by Crippen LogP contribution is -2.07. The first kappa shape index (κ1) is 11.0. The van der Waals surface area contributed by atoms with Crippen LogP contribution in [0.2, 0.25) is 0 Å². The molecule has 8 heteroatoms. The molecule has 1 rings (SSSR count).